The van der Waals surface area contributed by atoms with Gasteiger partial charge >= 0.3 is 0 Å². The Hall–Kier alpha value is -1.68. The van der Waals surface area contributed by atoms with Gasteiger partial charge in [0.2, 0.25) is 0 Å². The SMILES string of the molecule is CCCCCCn1c(=O)c(CCC(C)O)nc2ccccc21. The normalized spacial score (nSPS) is 12.7. The Labute approximate surface area is 131 Å². The molecule has 1 heterocycles. The summed E-state index contributed by atoms with van der Waals surface area (Å²) in [6.07, 6.45) is 5.22. The van der Waals surface area contributed by atoms with Crippen molar-refractivity contribution < 1.29 is 5.11 Å². The number of rotatable bonds is 8. The van der Waals surface area contributed by atoms with Crippen molar-refractivity contribution in [3.63, 3.8) is 0 Å². The van der Waals surface area contributed by atoms with Gasteiger partial charge in [-0.1, -0.05) is 38.3 Å². The number of hydrogen-bond donors (Lipinski definition) is 1. The van der Waals surface area contributed by atoms with Gasteiger partial charge in [0.05, 0.1) is 17.1 Å². The molecule has 0 saturated carbocycles. The molecule has 0 spiro atoms. The minimum Gasteiger partial charge on any atom is -0.393 e. The van der Waals surface area contributed by atoms with Gasteiger partial charge in [-0.25, -0.2) is 4.98 Å². The monoisotopic (exact) mass is 302 g/mol. The maximum Gasteiger partial charge on any atom is 0.272 e. The van der Waals surface area contributed by atoms with Gasteiger partial charge in [0.25, 0.3) is 5.56 Å². The van der Waals surface area contributed by atoms with E-state index in [0.29, 0.717) is 18.5 Å². The predicted octanol–water partition coefficient (Wildman–Crippen LogP) is 3.29. The summed E-state index contributed by atoms with van der Waals surface area (Å²) in [4.78, 5) is 17.2. The van der Waals surface area contributed by atoms with E-state index in [1.54, 1.807) is 6.92 Å². The Morgan fingerprint density at radius 1 is 1.23 bits per heavy atom. The molecule has 0 radical (unpaired) electrons. The molecule has 0 bridgehead atoms. The fraction of sp³-hybridized carbons (Fsp3) is 0.556. The van der Waals surface area contributed by atoms with Crippen LogP contribution < -0.4 is 5.56 Å². The van der Waals surface area contributed by atoms with Crippen LogP contribution in [0.3, 0.4) is 0 Å². The lowest BCUT2D eigenvalue weighted by Crippen LogP contribution is -2.26. The second-order valence-electron chi connectivity index (χ2n) is 5.95. The zero-order chi connectivity index (χ0) is 15.9. The average Bonchev–Trinajstić information content (AvgIpc) is 2.51. The van der Waals surface area contributed by atoms with E-state index >= 15 is 0 Å². The van der Waals surface area contributed by atoms with E-state index in [-0.39, 0.29) is 5.56 Å². The van der Waals surface area contributed by atoms with Gasteiger partial charge in [-0.2, -0.15) is 0 Å². The summed E-state index contributed by atoms with van der Waals surface area (Å²) in [5.41, 5.74) is 2.33. The molecule has 4 nitrogen and oxygen atoms in total. The van der Waals surface area contributed by atoms with Crippen molar-refractivity contribution in [2.75, 3.05) is 0 Å². The first kappa shape index (κ1) is 16.7. The van der Waals surface area contributed by atoms with E-state index in [1.165, 1.54) is 12.8 Å². The van der Waals surface area contributed by atoms with Crippen LogP contribution in [0.25, 0.3) is 11.0 Å². The maximum atomic E-state index is 12.7. The third kappa shape index (κ3) is 4.17. The van der Waals surface area contributed by atoms with Crippen LogP contribution in [0.5, 0.6) is 0 Å². The number of aliphatic hydroxyl groups excluding tert-OH is 1. The second kappa shape index (κ2) is 8.08. The van der Waals surface area contributed by atoms with E-state index in [0.717, 1.165) is 30.4 Å². The van der Waals surface area contributed by atoms with Crippen LogP contribution in [0.2, 0.25) is 0 Å². The van der Waals surface area contributed by atoms with Gasteiger partial charge in [-0.05, 0) is 38.3 Å². The van der Waals surface area contributed by atoms with Crippen LogP contribution in [0.1, 0.15) is 51.6 Å². The predicted molar refractivity (Wildman–Crippen MR) is 90.1 cm³/mol. The van der Waals surface area contributed by atoms with E-state index in [2.05, 4.69) is 11.9 Å². The number of fused-ring (bicyclic) bond motifs is 1. The van der Waals surface area contributed by atoms with Crippen molar-refractivity contribution in [1.82, 2.24) is 9.55 Å². The van der Waals surface area contributed by atoms with E-state index in [4.69, 9.17) is 0 Å². The average molecular weight is 302 g/mol. The Morgan fingerprint density at radius 3 is 2.73 bits per heavy atom. The van der Waals surface area contributed by atoms with Gasteiger partial charge in [-0.3, -0.25) is 4.79 Å². The molecule has 120 valence electrons. The largest absolute Gasteiger partial charge is 0.393 e. The fourth-order valence-corrected chi connectivity index (χ4v) is 2.67. The molecule has 0 amide bonds. The number of aryl methyl sites for hydroxylation is 2. The number of unbranched alkanes of at least 4 members (excludes halogenated alkanes) is 3. The molecule has 1 aromatic carbocycles. The number of hydrogen-bond acceptors (Lipinski definition) is 3. The van der Waals surface area contributed by atoms with E-state index in [1.807, 2.05) is 28.8 Å². The first-order valence-electron chi connectivity index (χ1n) is 8.30. The molecule has 0 aliphatic heterocycles. The first-order valence-corrected chi connectivity index (χ1v) is 8.30. The molecule has 1 unspecified atom stereocenters. The number of aliphatic hydroxyl groups is 1. The lowest BCUT2D eigenvalue weighted by atomic mass is 10.1. The molecule has 4 heteroatoms. The minimum absolute atomic E-state index is 0.00384. The summed E-state index contributed by atoms with van der Waals surface area (Å²) < 4.78 is 1.86. The highest BCUT2D eigenvalue weighted by Gasteiger charge is 2.11. The molecule has 0 fully saturated rings. The minimum atomic E-state index is -0.411. The van der Waals surface area contributed by atoms with Crippen molar-refractivity contribution in [3.8, 4) is 0 Å². The van der Waals surface area contributed by atoms with Crippen molar-refractivity contribution in [1.29, 1.82) is 0 Å². The Balaban J connectivity index is 2.33. The van der Waals surface area contributed by atoms with Crippen LogP contribution >= 0.6 is 0 Å². The summed E-state index contributed by atoms with van der Waals surface area (Å²) in [6.45, 7) is 4.66. The van der Waals surface area contributed by atoms with Crippen molar-refractivity contribution in [3.05, 3.63) is 40.3 Å². The van der Waals surface area contributed by atoms with Gasteiger partial charge < -0.3 is 9.67 Å². The summed E-state index contributed by atoms with van der Waals surface area (Å²) >= 11 is 0. The molecule has 0 aliphatic rings. The third-order valence-electron chi connectivity index (χ3n) is 3.95. The van der Waals surface area contributed by atoms with Crippen LogP contribution in [0.4, 0.5) is 0 Å². The smallest absolute Gasteiger partial charge is 0.272 e. The molecule has 2 rings (SSSR count). The number of benzene rings is 1. The number of nitrogens with zero attached hydrogens (tertiary/aromatic N) is 2. The summed E-state index contributed by atoms with van der Waals surface area (Å²) in [5, 5.41) is 9.45. The summed E-state index contributed by atoms with van der Waals surface area (Å²) in [6, 6.07) is 7.80. The van der Waals surface area contributed by atoms with Gasteiger partial charge in [0, 0.05) is 6.54 Å². The zero-order valence-corrected chi connectivity index (χ0v) is 13.6. The van der Waals surface area contributed by atoms with Crippen molar-refractivity contribution in [2.24, 2.45) is 0 Å². The molecular formula is C18H26N2O2. The quantitative estimate of drug-likeness (QED) is 0.761. The third-order valence-corrected chi connectivity index (χ3v) is 3.95. The highest BCUT2D eigenvalue weighted by molar-refractivity contribution is 5.74. The molecular weight excluding hydrogens is 276 g/mol. The first-order chi connectivity index (χ1) is 10.6. The maximum absolute atomic E-state index is 12.7. The Kier molecular flexibility index (Phi) is 6.13. The topological polar surface area (TPSA) is 55.1 Å². The molecule has 1 aromatic heterocycles. The zero-order valence-electron chi connectivity index (χ0n) is 13.6. The molecule has 0 saturated heterocycles. The molecule has 1 N–H and O–H groups in total. The molecule has 0 aliphatic carbocycles. The highest BCUT2D eigenvalue weighted by atomic mass is 16.3. The van der Waals surface area contributed by atoms with Crippen molar-refractivity contribution >= 4 is 11.0 Å². The molecule has 22 heavy (non-hydrogen) atoms. The number of para-hydroxylation sites is 2. The standard InChI is InChI=1S/C18H26N2O2/c1-3-4-5-8-13-20-17-10-7-6-9-15(17)19-16(18(20)22)12-11-14(2)21/h6-7,9-10,14,21H,3-5,8,11-13H2,1-2H3. The van der Waals surface area contributed by atoms with Crippen molar-refractivity contribution in [2.45, 2.75) is 65.0 Å². The lowest BCUT2D eigenvalue weighted by molar-refractivity contribution is 0.184. The molecule has 1 atom stereocenters. The van der Waals surface area contributed by atoms with Crippen LogP contribution in [-0.2, 0) is 13.0 Å². The lowest BCUT2D eigenvalue weighted by Gasteiger charge is -2.12. The molecule has 2 aromatic rings. The van der Waals surface area contributed by atoms with Crippen LogP contribution in [-0.4, -0.2) is 20.8 Å². The second-order valence-corrected chi connectivity index (χ2v) is 5.95. The van der Waals surface area contributed by atoms with Gasteiger partial charge in [0.1, 0.15) is 5.69 Å². The van der Waals surface area contributed by atoms with Crippen LogP contribution in [0, 0.1) is 0 Å². The van der Waals surface area contributed by atoms with Gasteiger partial charge in [-0.15, -0.1) is 0 Å². The van der Waals surface area contributed by atoms with Crippen LogP contribution in [0.15, 0.2) is 29.1 Å². The summed E-state index contributed by atoms with van der Waals surface area (Å²) in [5.74, 6) is 0. The Morgan fingerprint density at radius 2 is 2.00 bits per heavy atom. The highest BCUT2D eigenvalue weighted by Crippen LogP contribution is 2.12. The van der Waals surface area contributed by atoms with E-state index in [9.17, 15) is 9.90 Å². The number of aromatic nitrogens is 2. The Bertz CT molecular complexity index is 662. The fourth-order valence-electron chi connectivity index (χ4n) is 2.67. The summed E-state index contributed by atoms with van der Waals surface area (Å²) in [7, 11) is 0. The van der Waals surface area contributed by atoms with E-state index < -0.39 is 6.10 Å². The van der Waals surface area contributed by atoms with Gasteiger partial charge in [0.15, 0.2) is 0 Å².